The third-order valence-corrected chi connectivity index (χ3v) is 3.30. The van der Waals surface area contributed by atoms with E-state index in [0.717, 1.165) is 22.9 Å². The Morgan fingerprint density at radius 3 is 2.33 bits per heavy atom. The minimum atomic E-state index is 0.697. The predicted molar refractivity (Wildman–Crippen MR) is 76.2 cm³/mol. The van der Waals surface area contributed by atoms with Crippen molar-refractivity contribution < 1.29 is 0 Å². The summed E-state index contributed by atoms with van der Waals surface area (Å²) in [6.07, 6.45) is 0.813. The minimum Gasteiger partial charge on any atom is -0.267 e. The molecule has 0 saturated heterocycles. The highest BCUT2D eigenvalue weighted by Crippen LogP contribution is 2.19. The normalized spacial score (nSPS) is 10.7. The molecule has 2 aromatic carbocycles. The Bertz CT molecular complexity index is 732. The van der Waals surface area contributed by atoms with Crippen LogP contribution in [0.1, 0.15) is 11.3 Å². The number of aromatic amines is 1. The molecule has 0 atom stereocenters. The summed E-state index contributed by atoms with van der Waals surface area (Å²) in [5.74, 6) is 0. The summed E-state index contributed by atoms with van der Waals surface area (Å²) < 4.78 is 0.697. The van der Waals surface area contributed by atoms with Gasteiger partial charge < -0.3 is 0 Å². The molecule has 18 heavy (non-hydrogen) atoms. The maximum Gasteiger partial charge on any atom is 0.127 e. The molecule has 0 spiro atoms. The fraction of sp³-hybridized carbons (Fsp3) is 0.0667. The van der Waals surface area contributed by atoms with Gasteiger partial charge in [0, 0.05) is 17.2 Å². The van der Waals surface area contributed by atoms with E-state index in [-0.39, 0.29) is 0 Å². The van der Waals surface area contributed by atoms with E-state index < -0.39 is 0 Å². The second-order valence-corrected chi connectivity index (χ2v) is 4.62. The Morgan fingerprint density at radius 2 is 1.56 bits per heavy atom. The van der Waals surface area contributed by atoms with Crippen LogP contribution in [0.4, 0.5) is 0 Å². The lowest BCUT2D eigenvalue weighted by Gasteiger charge is -2.05. The van der Waals surface area contributed by atoms with Gasteiger partial charge in [0.05, 0.1) is 5.69 Å². The summed E-state index contributed by atoms with van der Waals surface area (Å²) in [5, 5.41) is 9.49. The molecule has 1 N–H and O–H groups in total. The average Bonchev–Trinajstić information content (AvgIpc) is 2.44. The number of hydrogen-bond acceptors (Lipinski definition) is 2. The molecule has 3 heteroatoms. The summed E-state index contributed by atoms with van der Waals surface area (Å²) in [4.78, 5) is 0. The highest BCUT2D eigenvalue weighted by atomic mass is 32.1. The molecular weight excluding hydrogens is 240 g/mol. The predicted octanol–water partition coefficient (Wildman–Crippen LogP) is 3.88. The Kier molecular flexibility index (Phi) is 2.90. The first kappa shape index (κ1) is 11.1. The van der Waals surface area contributed by atoms with Crippen molar-refractivity contribution in [3.8, 4) is 0 Å². The van der Waals surface area contributed by atoms with Gasteiger partial charge in [-0.25, -0.2) is 0 Å². The Balaban J connectivity index is 2.13. The first-order valence-electron chi connectivity index (χ1n) is 5.85. The standard InChI is InChI=1S/C15H12N2S/c18-15-13-9-5-4-8-12(13)14(16-17-15)10-11-6-2-1-3-7-11/h1-9H,10H2,(H,17,18). The van der Waals surface area contributed by atoms with Crippen LogP contribution in [-0.4, -0.2) is 10.2 Å². The number of nitrogens with one attached hydrogen (secondary N) is 1. The summed E-state index contributed by atoms with van der Waals surface area (Å²) in [6, 6.07) is 18.5. The van der Waals surface area contributed by atoms with Gasteiger partial charge in [-0.2, -0.15) is 5.10 Å². The van der Waals surface area contributed by atoms with Crippen LogP contribution in [-0.2, 0) is 6.42 Å². The van der Waals surface area contributed by atoms with Crippen molar-refractivity contribution in [2.75, 3.05) is 0 Å². The summed E-state index contributed by atoms with van der Waals surface area (Å²) in [5.41, 5.74) is 2.28. The largest absolute Gasteiger partial charge is 0.267 e. The Hall–Kier alpha value is -2.00. The molecule has 3 rings (SSSR count). The quantitative estimate of drug-likeness (QED) is 0.701. The summed E-state index contributed by atoms with van der Waals surface area (Å²) in [6.45, 7) is 0. The molecule has 0 amide bonds. The van der Waals surface area contributed by atoms with Crippen molar-refractivity contribution in [1.29, 1.82) is 0 Å². The second-order valence-electron chi connectivity index (χ2n) is 4.21. The van der Waals surface area contributed by atoms with E-state index in [2.05, 4.69) is 28.4 Å². The molecule has 1 heterocycles. The zero-order valence-electron chi connectivity index (χ0n) is 9.76. The number of H-pyrrole nitrogens is 1. The topological polar surface area (TPSA) is 28.7 Å². The average molecular weight is 252 g/mol. The van der Waals surface area contributed by atoms with Crippen LogP contribution in [0.15, 0.2) is 54.6 Å². The van der Waals surface area contributed by atoms with Gasteiger partial charge in [-0.3, -0.25) is 5.10 Å². The molecule has 0 aliphatic carbocycles. The van der Waals surface area contributed by atoms with Crippen LogP contribution in [0.2, 0.25) is 0 Å². The summed E-state index contributed by atoms with van der Waals surface area (Å²) in [7, 11) is 0. The lowest BCUT2D eigenvalue weighted by Crippen LogP contribution is -1.97. The second kappa shape index (κ2) is 4.70. The molecule has 2 nitrogen and oxygen atoms in total. The Labute approximate surface area is 110 Å². The van der Waals surface area contributed by atoms with Crippen molar-refractivity contribution in [2.24, 2.45) is 0 Å². The van der Waals surface area contributed by atoms with E-state index >= 15 is 0 Å². The van der Waals surface area contributed by atoms with Crippen molar-refractivity contribution >= 4 is 23.0 Å². The van der Waals surface area contributed by atoms with E-state index in [1.807, 2.05) is 36.4 Å². The van der Waals surface area contributed by atoms with Crippen molar-refractivity contribution in [2.45, 2.75) is 6.42 Å². The molecule has 0 fully saturated rings. The number of nitrogens with zero attached hydrogens (tertiary/aromatic N) is 1. The van der Waals surface area contributed by atoms with Crippen LogP contribution in [0.3, 0.4) is 0 Å². The number of hydrogen-bond donors (Lipinski definition) is 1. The monoisotopic (exact) mass is 252 g/mol. The van der Waals surface area contributed by atoms with Gasteiger partial charge in [0.2, 0.25) is 0 Å². The van der Waals surface area contributed by atoms with E-state index in [1.54, 1.807) is 0 Å². The third-order valence-electron chi connectivity index (χ3n) is 2.99. The molecule has 0 radical (unpaired) electrons. The SMILES string of the molecule is S=c1[nH]nc(Cc2ccccc2)c2ccccc12. The molecule has 0 bridgehead atoms. The van der Waals surface area contributed by atoms with Crippen LogP contribution in [0.25, 0.3) is 10.8 Å². The smallest absolute Gasteiger partial charge is 0.127 e. The number of rotatable bonds is 2. The minimum absolute atomic E-state index is 0.697. The van der Waals surface area contributed by atoms with E-state index in [1.165, 1.54) is 5.56 Å². The lowest BCUT2D eigenvalue weighted by molar-refractivity contribution is 0.950. The van der Waals surface area contributed by atoms with E-state index in [9.17, 15) is 0 Å². The fourth-order valence-corrected chi connectivity index (χ4v) is 2.32. The molecule has 0 unspecified atom stereocenters. The number of benzene rings is 2. The van der Waals surface area contributed by atoms with Crippen molar-refractivity contribution in [3.63, 3.8) is 0 Å². The number of fused-ring (bicyclic) bond motifs is 1. The maximum absolute atomic E-state index is 5.26. The molecule has 0 saturated carbocycles. The van der Waals surface area contributed by atoms with Gasteiger partial charge in [-0.1, -0.05) is 66.8 Å². The highest BCUT2D eigenvalue weighted by Gasteiger charge is 2.04. The Morgan fingerprint density at radius 1 is 0.889 bits per heavy atom. The molecule has 0 aliphatic rings. The zero-order chi connectivity index (χ0) is 12.4. The molecular formula is C15H12N2S. The van der Waals surface area contributed by atoms with E-state index in [0.29, 0.717) is 4.64 Å². The van der Waals surface area contributed by atoms with Crippen LogP contribution >= 0.6 is 12.2 Å². The van der Waals surface area contributed by atoms with Gasteiger partial charge in [0.15, 0.2) is 0 Å². The molecule has 3 aromatic rings. The zero-order valence-corrected chi connectivity index (χ0v) is 10.6. The van der Waals surface area contributed by atoms with Gasteiger partial charge in [-0.15, -0.1) is 0 Å². The molecule has 88 valence electrons. The lowest BCUT2D eigenvalue weighted by atomic mass is 10.1. The van der Waals surface area contributed by atoms with Gasteiger partial charge in [-0.05, 0) is 5.56 Å². The first-order valence-corrected chi connectivity index (χ1v) is 6.25. The van der Waals surface area contributed by atoms with Crippen LogP contribution < -0.4 is 0 Å². The van der Waals surface area contributed by atoms with Gasteiger partial charge >= 0.3 is 0 Å². The van der Waals surface area contributed by atoms with Crippen molar-refractivity contribution in [3.05, 3.63) is 70.5 Å². The van der Waals surface area contributed by atoms with Crippen molar-refractivity contribution in [1.82, 2.24) is 10.2 Å². The first-order chi connectivity index (χ1) is 8.84. The number of aromatic nitrogens is 2. The fourth-order valence-electron chi connectivity index (χ4n) is 2.10. The maximum atomic E-state index is 5.26. The van der Waals surface area contributed by atoms with Gasteiger partial charge in [0.1, 0.15) is 4.64 Å². The van der Waals surface area contributed by atoms with Gasteiger partial charge in [0.25, 0.3) is 0 Å². The van der Waals surface area contributed by atoms with Crippen LogP contribution in [0.5, 0.6) is 0 Å². The van der Waals surface area contributed by atoms with Crippen LogP contribution in [0, 0.1) is 4.64 Å². The molecule has 0 aliphatic heterocycles. The highest BCUT2D eigenvalue weighted by molar-refractivity contribution is 7.71. The molecule has 1 aromatic heterocycles. The third kappa shape index (κ3) is 2.05. The van der Waals surface area contributed by atoms with E-state index in [4.69, 9.17) is 12.2 Å². The summed E-state index contributed by atoms with van der Waals surface area (Å²) >= 11 is 5.26.